The molecule has 0 saturated carbocycles. The molecule has 1 aliphatic heterocycles. The highest BCUT2D eigenvalue weighted by molar-refractivity contribution is 7.91. The van der Waals surface area contributed by atoms with Gasteiger partial charge in [-0.15, -0.1) is 5.10 Å². The molecule has 2 rings (SSSR count). The summed E-state index contributed by atoms with van der Waals surface area (Å²) in [7, 11) is -3.08. The molecule has 0 aliphatic carbocycles. The molecule has 1 atom stereocenters. The number of amides is 1. The summed E-state index contributed by atoms with van der Waals surface area (Å²) in [6.45, 7) is 1.64. The predicted octanol–water partition coefficient (Wildman–Crippen LogP) is -1.38. The van der Waals surface area contributed by atoms with Gasteiger partial charge in [0, 0.05) is 12.6 Å². The minimum Gasteiger partial charge on any atom is -0.476 e. The number of carboxylic acids is 1. The van der Waals surface area contributed by atoms with E-state index < -0.39 is 21.8 Å². The molecule has 1 fully saturated rings. The number of carbonyl (C=O) groups excluding carboxylic acids is 1. The Labute approximate surface area is 115 Å². The fourth-order valence-electron chi connectivity index (χ4n) is 2.07. The topological polar surface area (TPSA) is 122 Å². The average molecular weight is 302 g/mol. The lowest BCUT2D eigenvalue weighted by Crippen LogP contribution is -2.50. The Bertz CT molecular complexity index is 638. The van der Waals surface area contributed by atoms with Crippen LogP contribution in [0.2, 0.25) is 0 Å². The van der Waals surface area contributed by atoms with Gasteiger partial charge in [0.1, 0.15) is 6.54 Å². The highest BCUT2D eigenvalue weighted by atomic mass is 32.2. The minimum absolute atomic E-state index is 0.0547. The standard InChI is InChI=1S/C10H14N4O5S/c1-7-6-20(18,19)3-2-14(7)9(15)5-13-4-8(10(16)17)11-12-13/h4,7H,2-3,5-6H2,1H3,(H,16,17). The first-order chi connectivity index (χ1) is 9.28. The van der Waals surface area contributed by atoms with Crippen molar-refractivity contribution in [3.05, 3.63) is 11.9 Å². The molecule has 0 bridgehead atoms. The van der Waals surface area contributed by atoms with Gasteiger partial charge in [0.15, 0.2) is 15.5 Å². The van der Waals surface area contributed by atoms with E-state index in [-0.39, 0.29) is 36.2 Å². The van der Waals surface area contributed by atoms with Gasteiger partial charge in [-0.1, -0.05) is 5.21 Å². The number of hydrogen-bond donors (Lipinski definition) is 1. The Kier molecular flexibility index (Phi) is 3.75. The molecule has 1 N–H and O–H groups in total. The lowest BCUT2D eigenvalue weighted by atomic mass is 10.3. The number of sulfone groups is 1. The molecule has 20 heavy (non-hydrogen) atoms. The zero-order valence-corrected chi connectivity index (χ0v) is 11.6. The van der Waals surface area contributed by atoms with E-state index in [2.05, 4.69) is 10.3 Å². The van der Waals surface area contributed by atoms with Crippen LogP contribution in [0, 0.1) is 0 Å². The highest BCUT2D eigenvalue weighted by Crippen LogP contribution is 2.12. The molecule has 0 radical (unpaired) electrons. The van der Waals surface area contributed by atoms with E-state index in [1.807, 2.05) is 0 Å². The maximum Gasteiger partial charge on any atom is 0.358 e. The number of hydrogen-bond acceptors (Lipinski definition) is 6. The van der Waals surface area contributed by atoms with Crippen LogP contribution in [-0.4, -0.2) is 69.4 Å². The van der Waals surface area contributed by atoms with Crippen molar-refractivity contribution in [1.82, 2.24) is 19.9 Å². The van der Waals surface area contributed by atoms with E-state index in [0.29, 0.717) is 0 Å². The lowest BCUT2D eigenvalue weighted by molar-refractivity contribution is -0.133. The summed E-state index contributed by atoms with van der Waals surface area (Å²) in [5.74, 6) is -1.65. The molecule has 2 heterocycles. The number of aromatic nitrogens is 3. The Morgan fingerprint density at radius 3 is 2.75 bits per heavy atom. The molecular formula is C10H14N4O5S. The number of carbonyl (C=O) groups is 2. The first kappa shape index (κ1) is 14.4. The molecular weight excluding hydrogens is 288 g/mol. The van der Waals surface area contributed by atoms with E-state index in [0.717, 1.165) is 10.9 Å². The summed E-state index contributed by atoms with van der Waals surface area (Å²) in [6, 6.07) is -0.399. The second-order valence-electron chi connectivity index (χ2n) is 4.66. The Morgan fingerprint density at radius 1 is 1.50 bits per heavy atom. The molecule has 1 aromatic heterocycles. The molecule has 0 spiro atoms. The number of nitrogens with zero attached hydrogens (tertiary/aromatic N) is 4. The summed E-state index contributed by atoms with van der Waals surface area (Å²) in [6.07, 6.45) is 1.16. The number of carboxylic acid groups (broad SMARTS) is 1. The van der Waals surface area contributed by atoms with Crippen LogP contribution in [0.25, 0.3) is 0 Å². The van der Waals surface area contributed by atoms with Gasteiger partial charge in [0.25, 0.3) is 0 Å². The van der Waals surface area contributed by atoms with Gasteiger partial charge in [-0.25, -0.2) is 17.9 Å². The summed E-state index contributed by atoms with van der Waals surface area (Å²) < 4.78 is 24.0. The van der Waals surface area contributed by atoms with Crippen molar-refractivity contribution < 1.29 is 23.1 Å². The van der Waals surface area contributed by atoms with Crippen LogP contribution in [0.1, 0.15) is 17.4 Å². The van der Waals surface area contributed by atoms with Crippen LogP contribution in [0.4, 0.5) is 0 Å². The molecule has 110 valence electrons. The van der Waals surface area contributed by atoms with Gasteiger partial charge in [-0.2, -0.15) is 0 Å². The maximum atomic E-state index is 12.1. The van der Waals surface area contributed by atoms with Crippen molar-refractivity contribution in [2.75, 3.05) is 18.1 Å². The van der Waals surface area contributed by atoms with Crippen molar-refractivity contribution >= 4 is 21.7 Å². The summed E-state index contributed by atoms with van der Waals surface area (Å²) in [4.78, 5) is 24.2. The SMILES string of the molecule is CC1CS(=O)(=O)CCN1C(=O)Cn1cc(C(=O)O)nn1. The first-order valence-electron chi connectivity index (χ1n) is 5.92. The van der Waals surface area contributed by atoms with Crippen molar-refractivity contribution in [2.45, 2.75) is 19.5 Å². The van der Waals surface area contributed by atoms with Crippen LogP contribution < -0.4 is 0 Å². The average Bonchev–Trinajstić information content (AvgIpc) is 2.76. The van der Waals surface area contributed by atoms with Crippen molar-refractivity contribution in [3.8, 4) is 0 Å². The Hall–Kier alpha value is -1.97. The van der Waals surface area contributed by atoms with Gasteiger partial charge in [0.2, 0.25) is 5.91 Å². The second kappa shape index (κ2) is 5.19. The van der Waals surface area contributed by atoms with Gasteiger partial charge in [-0.3, -0.25) is 4.79 Å². The lowest BCUT2D eigenvalue weighted by Gasteiger charge is -2.33. The molecule has 9 nitrogen and oxygen atoms in total. The first-order valence-corrected chi connectivity index (χ1v) is 7.74. The van der Waals surface area contributed by atoms with Gasteiger partial charge >= 0.3 is 5.97 Å². The third-order valence-electron chi connectivity index (χ3n) is 3.05. The van der Waals surface area contributed by atoms with Crippen LogP contribution in [0.15, 0.2) is 6.20 Å². The van der Waals surface area contributed by atoms with Gasteiger partial charge in [0.05, 0.1) is 17.7 Å². The molecule has 10 heteroatoms. The van der Waals surface area contributed by atoms with Gasteiger partial charge < -0.3 is 10.0 Å². The maximum absolute atomic E-state index is 12.1. The number of aromatic carboxylic acids is 1. The highest BCUT2D eigenvalue weighted by Gasteiger charge is 2.31. The largest absolute Gasteiger partial charge is 0.476 e. The fraction of sp³-hybridized carbons (Fsp3) is 0.600. The number of rotatable bonds is 3. The minimum atomic E-state index is -3.08. The van der Waals surface area contributed by atoms with E-state index in [1.54, 1.807) is 6.92 Å². The monoisotopic (exact) mass is 302 g/mol. The summed E-state index contributed by atoms with van der Waals surface area (Å²) >= 11 is 0. The zero-order chi connectivity index (χ0) is 14.9. The van der Waals surface area contributed by atoms with Gasteiger partial charge in [-0.05, 0) is 6.92 Å². The van der Waals surface area contributed by atoms with E-state index in [4.69, 9.17) is 5.11 Å². The third-order valence-corrected chi connectivity index (χ3v) is 4.84. The molecule has 1 unspecified atom stereocenters. The third kappa shape index (κ3) is 3.13. The van der Waals surface area contributed by atoms with Crippen molar-refractivity contribution in [3.63, 3.8) is 0 Å². The van der Waals surface area contributed by atoms with E-state index in [9.17, 15) is 18.0 Å². The quantitative estimate of drug-likeness (QED) is 0.730. The molecule has 0 aromatic carbocycles. The molecule has 1 aromatic rings. The van der Waals surface area contributed by atoms with E-state index in [1.165, 1.54) is 4.90 Å². The molecule has 1 saturated heterocycles. The Balaban J connectivity index is 2.03. The van der Waals surface area contributed by atoms with E-state index >= 15 is 0 Å². The normalized spacial score (nSPS) is 21.6. The van der Waals surface area contributed by atoms with Crippen LogP contribution in [-0.2, 0) is 21.2 Å². The second-order valence-corrected chi connectivity index (χ2v) is 6.89. The van der Waals surface area contributed by atoms with Crippen molar-refractivity contribution in [1.29, 1.82) is 0 Å². The summed E-state index contributed by atoms with van der Waals surface area (Å²) in [5.41, 5.74) is -0.243. The Morgan fingerprint density at radius 2 is 2.20 bits per heavy atom. The summed E-state index contributed by atoms with van der Waals surface area (Å²) in [5, 5.41) is 15.7. The molecule has 1 amide bonds. The van der Waals surface area contributed by atoms with Crippen molar-refractivity contribution in [2.24, 2.45) is 0 Å². The van der Waals surface area contributed by atoms with Crippen LogP contribution >= 0.6 is 0 Å². The smallest absolute Gasteiger partial charge is 0.358 e. The van der Waals surface area contributed by atoms with Crippen LogP contribution in [0.3, 0.4) is 0 Å². The van der Waals surface area contributed by atoms with Crippen LogP contribution in [0.5, 0.6) is 0 Å². The molecule has 1 aliphatic rings. The zero-order valence-electron chi connectivity index (χ0n) is 10.8. The predicted molar refractivity (Wildman–Crippen MR) is 66.8 cm³/mol. The fourth-order valence-corrected chi connectivity index (χ4v) is 3.63.